The van der Waals surface area contributed by atoms with Gasteiger partial charge in [0.2, 0.25) is 0 Å². The molecule has 11 rings (SSSR count). The number of benzene rings is 7. The van der Waals surface area contributed by atoms with Gasteiger partial charge in [-0.25, -0.2) is 0 Å². The second-order valence-corrected chi connectivity index (χ2v) is 13.5. The molecule has 0 N–H and O–H groups in total. The van der Waals surface area contributed by atoms with Crippen molar-refractivity contribution in [3.05, 3.63) is 138 Å². The number of hydrogen-bond acceptors (Lipinski definition) is 2. The quantitative estimate of drug-likeness (QED) is 0.175. The van der Waals surface area contributed by atoms with Gasteiger partial charge >= 0.3 is 6.85 Å². The van der Waals surface area contributed by atoms with Gasteiger partial charge in [-0.2, -0.15) is 0 Å². The lowest BCUT2D eigenvalue weighted by Crippen LogP contribution is -2.60. The van der Waals surface area contributed by atoms with Crippen LogP contribution in [-0.2, 0) is 0 Å². The highest BCUT2D eigenvalue weighted by atomic mass is 16.3. The van der Waals surface area contributed by atoms with Crippen molar-refractivity contribution in [2.75, 3.05) is 4.81 Å². The van der Waals surface area contributed by atoms with E-state index in [0.29, 0.717) is 0 Å². The van der Waals surface area contributed by atoms with E-state index in [1.54, 1.807) is 0 Å². The van der Waals surface area contributed by atoms with Crippen molar-refractivity contribution in [3.63, 3.8) is 0 Å². The van der Waals surface area contributed by atoms with E-state index in [1.165, 1.54) is 83.0 Å². The van der Waals surface area contributed by atoms with E-state index in [-0.39, 0.29) is 6.85 Å². The summed E-state index contributed by atoms with van der Waals surface area (Å²) >= 11 is 0. The normalized spacial score (nSPS) is 13.3. The molecule has 2 aliphatic heterocycles. The molecule has 0 fully saturated rings. The third kappa shape index (κ3) is 3.18. The van der Waals surface area contributed by atoms with Gasteiger partial charge < -0.3 is 13.8 Å². The van der Waals surface area contributed by atoms with Crippen LogP contribution >= 0.6 is 0 Å². The molecule has 0 unspecified atom stereocenters. The van der Waals surface area contributed by atoms with Crippen LogP contribution in [0.1, 0.15) is 16.7 Å². The standard InChI is InChI=1S/C43H29BN2O/c1-24-12-16-28(17-13-24)46-38-22-33-30-18-15-27-8-4-5-9-29(27)43(30)47-39(33)23-32(38)34-21-26(3)40-31-10-6-7-11-36(31)45-37-19-14-25(2)20-35(37)44(46)41(34)42(40)45/h4-23H,1-3H3. The monoisotopic (exact) mass is 600 g/mol. The highest BCUT2D eigenvalue weighted by molar-refractivity contribution is 6.93. The predicted octanol–water partition coefficient (Wildman–Crippen LogP) is 10.00. The van der Waals surface area contributed by atoms with Crippen LogP contribution < -0.4 is 15.7 Å². The fraction of sp³-hybridized carbons (Fsp3) is 0.0698. The van der Waals surface area contributed by atoms with Crippen molar-refractivity contribution in [2.45, 2.75) is 20.8 Å². The Balaban J connectivity index is 1.35. The van der Waals surface area contributed by atoms with Crippen LogP contribution in [-0.4, -0.2) is 11.4 Å². The number of para-hydroxylation sites is 1. The summed E-state index contributed by atoms with van der Waals surface area (Å²) in [7, 11) is 0. The summed E-state index contributed by atoms with van der Waals surface area (Å²) in [5.41, 5.74) is 17.2. The molecule has 9 aromatic rings. The smallest absolute Gasteiger partial charge is 0.333 e. The first-order valence-electron chi connectivity index (χ1n) is 16.5. The van der Waals surface area contributed by atoms with Gasteiger partial charge in [0.1, 0.15) is 11.2 Å². The fourth-order valence-electron chi connectivity index (χ4n) is 8.74. The van der Waals surface area contributed by atoms with Gasteiger partial charge in [-0.3, -0.25) is 0 Å². The number of aromatic nitrogens is 1. The molecule has 220 valence electrons. The lowest BCUT2D eigenvalue weighted by atomic mass is 9.43. The van der Waals surface area contributed by atoms with E-state index in [0.717, 1.165) is 27.3 Å². The molecule has 2 aliphatic rings. The van der Waals surface area contributed by atoms with Gasteiger partial charge in [0.25, 0.3) is 0 Å². The number of rotatable bonds is 1. The Morgan fingerprint density at radius 1 is 0.596 bits per heavy atom. The second kappa shape index (κ2) is 8.74. The van der Waals surface area contributed by atoms with E-state index >= 15 is 0 Å². The maximum Gasteiger partial charge on any atom is 0.333 e. The number of aryl methyl sites for hydroxylation is 3. The summed E-state index contributed by atoms with van der Waals surface area (Å²) in [5.74, 6) is 0. The summed E-state index contributed by atoms with van der Waals surface area (Å²) in [6.45, 7) is 6.67. The van der Waals surface area contributed by atoms with Crippen LogP contribution in [0.3, 0.4) is 0 Å². The van der Waals surface area contributed by atoms with Gasteiger partial charge in [0.15, 0.2) is 0 Å². The van der Waals surface area contributed by atoms with Crippen LogP contribution in [0.5, 0.6) is 0 Å². The van der Waals surface area contributed by atoms with Gasteiger partial charge in [0.05, 0.1) is 11.0 Å². The SMILES string of the molecule is Cc1ccc(N2B3c4cc(C)ccc4-n4c5ccccc5c5c(C)cc(c3c54)-c3cc4oc5c6ccccc6ccc5c4cc32)cc1. The van der Waals surface area contributed by atoms with E-state index < -0.39 is 0 Å². The maximum atomic E-state index is 6.78. The molecular formula is C43H29BN2O. The molecule has 7 aromatic carbocycles. The number of fused-ring (bicyclic) bond motifs is 13. The zero-order valence-corrected chi connectivity index (χ0v) is 26.4. The van der Waals surface area contributed by atoms with Crippen molar-refractivity contribution >= 4 is 83.7 Å². The molecule has 3 nitrogen and oxygen atoms in total. The first-order valence-corrected chi connectivity index (χ1v) is 16.5. The third-order valence-corrected chi connectivity index (χ3v) is 10.8. The molecule has 0 saturated heterocycles. The topological polar surface area (TPSA) is 21.3 Å². The Labute approximate surface area is 272 Å². The van der Waals surface area contributed by atoms with Crippen molar-refractivity contribution in [3.8, 4) is 16.8 Å². The van der Waals surface area contributed by atoms with Crippen molar-refractivity contribution in [2.24, 2.45) is 0 Å². The minimum Gasteiger partial charge on any atom is -0.455 e. The fourth-order valence-corrected chi connectivity index (χ4v) is 8.74. The molecule has 2 aromatic heterocycles. The van der Waals surface area contributed by atoms with E-state index in [1.807, 2.05) is 0 Å². The number of anilines is 2. The zero-order chi connectivity index (χ0) is 31.1. The van der Waals surface area contributed by atoms with Crippen LogP contribution in [0.2, 0.25) is 0 Å². The third-order valence-electron chi connectivity index (χ3n) is 10.8. The highest BCUT2D eigenvalue weighted by Gasteiger charge is 2.44. The van der Waals surface area contributed by atoms with Crippen LogP contribution in [0.4, 0.5) is 11.4 Å². The molecule has 4 heterocycles. The van der Waals surface area contributed by atoms with Gasteiger partial charge in [-0.1, -0.05) is 90.0 Å². The Kier molecular flexibility index (Phi) is 4.74. The van der Waals surface area contributed by atoms with Crippen LogP contribution in [0.15, 0.2) is 126 Å². The Hall–Kier alpha value is -5.74. The minimum absolute atomic E-state index is 0.00598. The van der Waals surface area contributed by atoms with Crippen molar-refractivity contribution in [1.82, 2.24) is 4.57 Å². The summed E-state index contributed by atoms with van der Waals surface area (Å²) in [6, 6.07) is 45.1. The largest absolute Gasteiger partial charge is 0.455 e. The number of furan rings is 1. The lowest BCUT2D eigenvalue weighted by molar-refractivity contribution is 0.673. The summed E-state index contributed by atoms with van der Waals surface area (Å²) in [6.07, 6.45) is 0. The van der Waals surface area contributed by atoms with Crippen molar-refractivity contribution in [1.29, 1.82) is 0 Å². The van der Waals surface area contributed by atoms with Gasteiger partial charge in [-0.05, 0) is 90.7 Å². The minimum atomic E-state index is 0.00598. The molecule has 0 amide bonds. The van der Waals surface area contributed by atoms with Crippen LogP contribution in [0.25, 0.3) is 71.3 Å². The molecule has 0 radical (unpaired) electrons. The molecule has 4 heteroatoms. The molecule has 0 spiro atoms. The Morgan fingerprint density at radius 3 is 2.26 bits per heavy atom. The number of nitrogens with zero attached hydrogens (tertiary/aromatic N) is 2. The van der Waals surface area contributed by atoms with Crippen LogP contribution in [0, 0.1) is 20.8 Å². The van der Waals surface area contributed by atoms with Gasteiger partial charge in [0, 0.05) is 49.6 Å². The molecule has 0 aliphatic carbocycles. The highest BCUT2D eigenvalue weighted by Crippen LogP contribution is 2.48. The molecule has 0 atom stereocenters. The average Bonchev–Trinajstić information content (AvgIpc) is 3.64. The lowest BCUT2D eigenvalue weighted by Gasteiger charge is -2.42. The predicted molar refractivity (Wildman–Crippen MR) is 199 cm³/mol. The Morgan fingerprint density at radius 2 is 1.38 bits per heavy atom. The first kappa shape index (κ1) is 25.5. The molecule has 47 heavy (non-hydrogen) atoms. The second-order valence-electron chi connectivity index (χ2n) is 13.5. The number of hydrogen-bond donors (Lipinski definition) is 0. The van der Waals surface area contributed by atoms with E-state index in [2.05, 4.69) is 151 Å². The molecule has 0 saturated carbocycles. The first-order chi connectivity index (χ1) is 23.0. The molecular weight excluding hydrogens is 571 g/mol. The summed E-state index contributed by atoms with van der Waals surface area (Å²) in [4.78, 5) is 2.60. The van der Waals surface area contributed by atoms with Crippen molar-refractivity contribution < 1.29 is 4.42 Å². The van der Waals surface area contributed by atoms with E-state index in [9.17, 15) is 0 Å². The maximum absolute atomic E-state index is 6.78. The zero-order valence-electron chi connectivity index (χ0n) is 26.4. The average molecular weight is 601 g/mol. The molecule has 0 bridgehead atoms. The summed E-state index contributed by atoms with van der Waals surface area (Å²) in [5, 5.41) is 7.30. The van der Waals surface area contributed by atoms with Gasteiger partial charge in [-0.15, -0.1) is 0 Å². The van der Waals surface area contributed by atoms with E-state index in [4.69, 9.17) is 4.42 Å². The summed E-state index contributed by atoms with van der Waals surface area (Å²) < 4.78 is 9.32. The Bertz CT molecular complexity index is 2840.